The number of rotatable bonds is 0. The molecular weight excluding hydrogens is 248 g/mol. The molecule has 0 bridgehead atoms. The standard InChI is InChI=1S/C11H8N6S/c1-2-6-7(3-1)18-10-8(6)9-12-4-14-17(9)11-15-13-5-16(10)11/h4-5H,1-3H2. The van der Waals surface area contributed by atoms with Gasteiger partial charge in [0.25, 0.3) is 5.78 Å². The third-order valence-corrected chi connectivity index (χ3v) is 4.90. The van der Waals surface area contributed by atoms with Crippen LogP contribution in [0.2, 0.25) is 0 Å². The van der Waals surface area contributed by atoms with Crippen LogP contribution in [0.1, 0.15) is 16.9 Å². The van der Waals surface area contributed by atoms with Gasteiger partial charge in [-0.15, -0.1) is 21.5 Å². The minimum Gasteiger partial charge on any atom is -0.256 e. The van der Waals surface area contributed by atoms with E-state index in [4.69, 9.17) is 0 Å². The fraction of sp³-hybridized carbons (Fsp3) is 0.273. The Bertz CT molecular complexity index is 914. The smallest absolute Gasteiger partial charge is 0.256 e. The minimum atomic E-state index is 0.731. The van der Waals surface area contributed by atoms with Crippen molar-refractivity contribution in [2.45, 2.75) is 19.3 Å². The molecule has 1 aliphatic rings. The van der Waals surface area contributed by atoms with Crippen LogP contribution in [0.4, 0.5) is 0 Å². The maximum absolute atomic E-state index is 4.40. The number of thiophene rings is 1. The van der Waals surface area contributed by atoms with Crippen molar-refractivity contribution in [3.8, 4) is 0 Å². The van der Waals surface area contributed by atoms with E-state index in [9.17, 15) is 0 Å². The summed E-state index contributed by atoms with van der Waals surface area (Å²) in [6, 6.07) is 0. The van der Waals surface area contributed by atoms with Crippen molar-refractivity contribution in [3.63, 3.8) is 0 Å². The highest BCUT2D eigenvalue weighted by Gasteiger charge is 2.23. The Morgan fingerprint density at radius 1 is 1.28 bits per heavy atom. The van der Waals surface area contributed by atoms with Crippen molar-refractivity contribution in [2.75, 3.05) is 0 Å². The molecule has 88 valence electrons. The van der Waals surface area contributed by atoms with Crippen molar-refractivity contribution in [1.29, 1.82) is 0 Å². The van der Waals surface area contributed by atoms with E-state index < -0.39 is 0 Å². The van der Waals surface area contributed by atoms with Crippen LogP contribution >= 0.6 is 11.3 Å². The van der Waals surface area contributed by atoms with E-state index in [1.54, 1.807) is 17.2 Å². The van der Waals surface area contributed by atoms with E-state index in [0.29, 0.717) is 0 Å². The average molecular weight is 256 g/mol. The van der Waals surface area contributed by atoms with Gasteiger partial charge in [-0.2, -0.15) is 9.61 Å². The summed E-state index contributed by atoms with van der Waals surface area (Å²) in [6.45, 7) is 0. The molecule has 5 rings (SSSR count). The quantitative estimate of drug-likeness (QED) is 0.478. The van der Waals surface area contributed by atoms with Crippen LogP contribution in [0.5, 0.6) is 0 Å². The molecule has 4 aromatic heterocycles. The van der Waals surface area contributed by atoms with Crippen molar-refractivity contribution in [1.82, 2.24) is 29.2 Å². The molecular formula is C11H8N6S. The van der Waals surface area contributed by atoms with Gasteiger partial charge >= 0.3 is 0 Å². The molecule has 0 amide bonds. The Hall–Kier alpha value is -2.02. The topological polar surface area (TPSA) is 60.4 Å². The number of fused-ring (bicyclic) bond motifs is 8. The number of hydrogen-bond donors (Lipinski definition) is 0. The molecule has 7 heteroatoms. The van der Waals surface area contributed by atoms with Gasteiger partial charge in [0.05, 0.1) is 5.39 Å². The normalized spacial score (nSPS) is 15.1. The lowest BCUT2D eigenvalue weighted by Gasteiger charge is -2.00. The second-order valence-electron chi connectivity index (χ2n) is 4.53. The number of nitrogens with zero attached hydrogens (tertiary/aromatic N) is 6. The van der Waals surface area contributed by atoms with Gasteiger partial charge in [-0.1, -0.05) is 0 Å². The van der Waals surface area contributed by atoms with E-state index in [1.807, 2.05) is 15.7 Å². The Morgan fingerprint density at radius 3 is 3.28 bits per heavy atom. The molecule has 0 saturated heterocycles. The molecule has 0 saturated carbocycles. The van der Waals surface area contributed by atoms with Gasteiger partial charge in [0.2, 0.25) is 0 Å². The lowest BCUT2D eigenvalue weighted by atomic mass is 10.2. The number of hydrogen-bond acceptors (Lipinski definition) is 5. The van der Waals surface area contributed by atoms with Gasteiger partial charge in [-0.05, 0) is 24.8 Å². The summed E-state index contributed by atoms with van der Waals surface area (Å²) in [4.78, 5) is 7.08. The van der Waals surface area contributed by atoms with Crippen LogP contribution in [0.25, 0.3) is 21.6 Å². The zero-order valence-electron chi connectivity index (χ0n) is 9.37. The summed E-state index contributed by atoms with van der Waals surface area (Å²) in [6.07, 6.45) is 6.91. The first-order chi connectivity index (χ1) is 8.93. The minimum absolute atomic E-state index is 0.731. The first-order valence-electron chi connectivity index (χ1n) is 5.89. The highest BCUT2D eigenvalue weighted by atomic mass is 32.1. The molecule has 1 aliphatic carbocycles. The number of aryl methyl sites for hydroxylation is 2. The van der Waals surface area contributed by atoms with Crippen molar-refractivity contribution in [2.24, 2.45) is 0 Å². The second kappa shape index (κ2) is 2.86. The van der Waals surface area contributed by atoms with Gasteiger partial charge in [-0.3, -0.25) is 4.40 Å². The Balaban J connectivity index is 2.20. The zero-order chi connectivity index (χ0) is 11.7. The first kappa shape index (κ1) is 8.98. The van der Waals surface area contributed by atoms with Gasteiger partial charge in [0, 0.05) is 4.88 Å². The van der Waals surface area contributed by atoms with Crippen LogP contribution in [0, 0.1) is 0 Å². The van der Waals surface area contributed by atoms with Crippen LogP contribution in [-0.2, 0) is 12.8 Å². The Labute approximate surface area is 105 Å². The highest BCUT2D eigenvalue weighted by molar-refractivity contribution is 7.19. The second-order valence-corrected chi connectivity index (χ2v) is 5.62. The van der Waals surface area contributed by atoms with Crippen molar-refractivity contribution < 1.29 is 0 Å². The fourth-order valence-electron chi connectivity index (χ4n) is 2.87. The molecule has 4 aromatic rings. The van der Waals surface area contributed by atoms with Crippen LogP contribution in [0.3, 0.4) is 0 Å². The van der Waals surface area contributed by atoms with E-state index in [0.717, 1.165) is 17.8 Å². The molecule has 0 spiro atoms. The summed E-state index contributed by atoms with van der Waals surface area (Å²) in [5, 5.41) is 13.6. The molecule has 18 heavy (non-hydrogen) atoms. The van der Waals surface area contributed by atoms with E-state index in [2.05, 4.69) is 20.3 Å². The average Bonchev–Trinajstić information content (AvgIpc) is 3.10. The van der Waals surface area contributed by atoms with Crippen molar-refractivity contribution >= 4 is 33.0 Å². The van der Waals surface area contributed by atoms with E-state index >= 15 is 0 Å². The van der Waals surface area contributed by atoms with Gasteiger partial charge < -0.3 is 0 Å². The molecule has 0 N–H and O–H groups in total. The van der Waals surface area contributed by atoms with Crippen molar-refractivity contribution in [3.05, 3.63) is 23.1 Å². The molecule has 0 aliphatic heterocycles. The third kappa shape index (κ3) is 0.872. The lowest BCUT2D eigenvalue weighted by Crippen LogP contribution is -1.97. The summed E-state index contributed by atoms with van der Waals surface area (Å²) in [5.74, 6) is 0.731. The maximum atomic E-state index is 4.40. The number of aromatic nitrogens is 6. The predicted molar refractivity (Wildman–Crippen MR) is 66.9 cm³/mol. The monoisotopic (exact) mass is 256 g/mol. The van der Waals surface area contributed by atoms with Crippen LogP contribution in [0.15, 0.2) is 12.7 Å². The zero-order valence-corrected chi connectivity index (χ0v) is 10.2. The predicted octanol–water partition coefficient (Wildman–Crippen LogP) is 1.48. The lowest BCUT2D eigenvalue weighted by molar-refractivity contribution is 0.915. The summed E-state index contributed by atoms with van der Waals surface area (Å²) in [7, 11) is 0. The largest absolute Gasteiger partial charge is 0.259 e. The highest BCUT2D eigenvalue weighted by Crippen LogP contribution is 2.39. The summed E-state index contributed by atoms with van der Waals surface area (Å²) < 4.78 is 3.79. The molecule has 0 radical (unpaired) electrons. The van der Waals surface area contributed by atoms with Gasteiger partial charge in [-0.25, -0.2) is 4.98 Å². The summed E-state index contributed by atoms with van der Waals surface area (Å²) in [5.41, 5.74) is 2.36. The fourth-order valence-corrected chi connectivity index (χ4v) is 4.22. The Morgan fingerprint density at radius 2 is 2.28 bits per heavy atom. The van der Waals surface area contributed by atoms with Gasteiger partial charge in [0.1, 0.15) is 17.5 Å². The third-order valence-electron chi connectivity index (χ3n) is 3.61. The summed E-state index contributed by atoms with van der Waals surface area (Å²) >= 11 is 1.84. The first-order valence-corrected chi connectivity index (χ1v) is 6.71. The van der Waals surface area contributed by atoms with E-state index in [1.165, 1.54) is 33.5 Å². The van der Waals surface area contributed by atoms with Gasteiger partial charge in [0.15, 0.2) is 5.65 Å². The molecule has 0 atom stereocenters. The molecule has 4 heterocycles. The SMILES string of the molecule is c1nc2c3c4c(sc3n3cnnc3n2n1)CCC4. The maximum Gasteiger partial charge on any atom is 0.259 e. The molecule has 0 unspecified atom stereocenters. The molecule has 0 fully saturated rings. The molecule has 6 nitrogen and oxygen atoms in total. The molecule has 0 aromatic carbocycles. The van der Waals surface area contributed by atoms with Crippen LogP contribution in [-0.4, -0.2) is 29.2 Å². The Kier molecular flexibility index (Phi) is 1.43. The van der Waals surface area contributed by atoms with E-state index in [-0.39, 0.29) is 0 Å². The van der Waals surface area contributed by atoms with Crippen LogP contribution < -0.4 is 0 Å².